The van der Waals surface area contributed by atoms with Crippen LogP contribution in [0.15, 0.2) is 60.7 Å². The largest absolute Gasteiger partial charge is 0.326 e. The van der Waals surface area contributed by atoms with Gasteiger partial charge in [-0.25, -0.2) is 0 Å². The first-order chi connectivity index (χ1) is 11.2. The molecular weight excluding hydrogens is 308 g/mol. The first-order valence-electron chi connectivity index (χ1n) is 7.13. The van der Waals surface area contributed by atoms with E-state index in [-0.39, 0.29) is 12.3 Å². The third kappa shape index (κ3) is 3.50. The maximum absolute atomic E-state index is 12.2. The number of anilines is 1. The summed E-state index contributed by atoms with van der Waals surface area (Å²) in [7, 11) is 0. The zero-order valence-electron chi connectivity index (χ0n) is 12.2. The minimum Gasteiger partial charge on any atom is -0.326 e. The van der Waals surface area contributed by atoms with Crippen LogP contribution in [0.3, 0.4) is 0 Å². The molecule has 0 saturated carbocycles. The van der Waals surface area contributed by atoms with Crippen molar-refractivity contribution in [2.24, 2.45) is 0 Å². The highest BCUT2D eigenvalue weighted by molar-refractivity contribution is 6.32. The Hall–Kier alpha value is -2.83. The summed E-state index contributed by atoms with van der Waals surface area (Å²) in [4.78, 5) is 12.2. The van der Waals surface area contributed by atoms with Crippen LogP contribution in [0, 0.1) is 11.3 Å². The summed E-state index contributed by atoms with van der Waals surface area (Å²) in [6.07, 6.45) is 0.280. The molecule has 0 aromatic heterocycles. The molecule has 23 heavy (non-hydrogen) atoms. The second-order valence-electron chi connectivity index (χ2n) is 5.21. The Morgan fingerprint density at radius 1 is 1.04 bits per heavy atom. The standard InChI is InChI=1S/C19H13ClN2O/c20-18-11-17(8-7-16(18)12-21)22-19(23)10-13-5-6-14-3-1-2-4-15(14)9-13/h1-9,11H,10H2,(H,22,23). The number of nitriles is 1. The Morgan fingerprint density at radius 3 is 2.57 bits per heavy atom. The monoisotopic (exact) mass is 320 g/mol. The predicted molar refractivity (Wildman–Crippen MR) is 92.4 cm³/mol. The Balaban J connectivity index is 1.73. The van der Waals surface area contributed by atoms with E-state index in [9.17, 15) is 4.79 Å². The highest BCUT2D eigenvalue weighted by Gasteiger charge is 2.07. The maximum Gasteiger partial charge on any atom is 0.228 e. The Kier molecular flexibility index (Phi) is 4.27. The lowest BCUT2D eigenvalue weighted by Gasteiger charge is -2.07. The lowest BCUT2D eigenvalue weighted by Crippen LogP contribution is -2.14. The van der Waals surface area contributed by atoms with Gasteiger partial charge in [0, 0.05) is 5.69 Å². The molecule has 0 unspecified atom stereocenters. The number of rotatable bonds is 3. The lowest BCUT2D eigenvalue weighted by atomic mass is 10.0. The van der Waals surface area contributed by atoms with Crippen molar-refractivity contribution in [2.75, 3.05) is 5.32 Å². The van der Waals surface area contributed by atoms with Gasteiger partial charge in [-0.2, -0.15) is 5.26 Å². The van der Waals surface area contributed by atoms with E-state index >= 15 is 0 Å². The molecule has 0 spiro atoms. The Bertz CT molecular complexity index is 928. The molecule has 0 aliphatic rings. The van der Waals surface area contributed by atoms with Gasteiger partial charge in [0.2, 0.25) is 5.91 Å². The molecule has 0 atom stereocenters. The van der Waals surface area contributed by atoms with Crippen molar-refractivity contribution in [2.45, 2.75) is 6.42 Å². The average molecular weight is 321 g/mol. The first-order valence-corrected chi connectivity index (χ1v) is 7.51. The highest BCUT2D eigenvalue weighted by atomic mass is 35.5. The fourth-order valence-corrected chi connectivity index (χ4v) is 2.65. The van der Waals surface area contributed by atoms with Crippen LogP contribution in [0.1, 0.15) is 11.1 Å². The van der Waals surface area contributed by atoms with E-state index in [4.69, 9.17) is 16.9 Å². The van der Waals surface area contributed by atoms with Crippen molar-refractivity contribution in [1.82, 2.24) is 0 Å². The van der Waals surface area contributed by atoms with Crippen LogP contribution in [-0.2, 0) is 11.2 Å². The van der Waals surface area contributed by atoms with Crippen LogP contribution in [0.2, 0.25) is 5.02 Å². The molecule has 0 aliphatic carbocycles. The van der Waals surface area contributed by atoms with Crippen molar-refractivity contribution in [1.29, 1.82) is 5.26 Å². The van der Waals surface area contributed by atoms with Crippen LogP contribution in [0.25, 0.3) is 10.8 Å². The number of carbonyl (C=O) groups excluding carboxylic acids is 1. The summed E-state index contributed by atoms with van der Waals surface area (Å²) in [6, 6.07) is 20.8. The van der Waals surface area contributed by atoms with Crippen LogP contribution in [-0.4, -0.2) is 5.91 Å². The summed E-state index contributed by atoms with van der Waals surface area (Å²) in [5.74, 6) is -0.124. The summed E-state index contributed by atoms with van der Waals surface area (Å²) < 4.78 is 0. The van der Waals surface area contributed by atoms with E-state index in [1.54, 1.807) is 18.2 Å². The van der Waals surface area contributed by atoms with Gasteiger partial charge < -0.3 is 5.32 Å². The van der Waals surface area contributed by atoms with E-state index < -0.39 is 0 Å². The number of carbonyl (C=O) groups is 1. The molecule has 0 radical (unpaired) electrons. The number of benzene rings is 3. The zero-order valence-corrected chi connectivity index (χ0v) is 13.0. The normalized spacial score (nSPS) is 10.3. The molecule has 1 N–H and O–H groups in total. The minimum atomic E-state index is -0.124. The number of halogens is 1. The highest BCUT2D eigenvalue weighted by Crippen LogP contribution is 2.21. The van der Waals surface area contributed by atoms with Gasteiger partial charge in [0.1, 0.15) is 6.07 Å². The number of hydrogen-bond donors (Lipinski definition) is 1. The van der Waals surface area contributed by atoms with Crippen molar-refractivity contribution in [3.63, 3.8) is 0 Å². The fraction of sp³-hybridized carbons (Fsp3) is 0.0526. The van der Waals surface area contributed by atoms with Gasteiger partial charge in [-0.1, -0.05) is 54.1 Å². The van der Waals surface area contributed by atoms with Gasteiger partial charge in [-0.05, 0) is 34.5 Å². The van der Waals surface area contributed by atoms with Crippen LogP contribution < -0.4 is 5.32 Å². The van der Waals surface area contributed by atoms with Gasteiger partial charge >= 0.3 is 0 Å². The van der Waals surface area contributed by atoms with Gasteiger partial charge in [-0.15, -0.1) is 0 Å². The van der Waals surface area contributed by atoms with Gasteiger partial charge in [0.25, 0.3) is 0 Å². The van der Waals surface area contributed by atoms with Crippen molar-refractivity contribution in [3.05, 3.63) is 76.8 Å². The number of nitrogens with zero attached hydrogens (tertiary/aromatic N) is 1. The fourth-order valence-electron chi connectivity index (χ4n) is 2.42. The van der Waals surface area contributed by atoms with Crippen molar-refractivity contribution in [3.8, 4) is 6.07 Å². The Labute approximate surface area is 139 Å². The van der Waals surface area contributed by atoms with E-state index in [0.29, 0.717) is 16.3 Å². The molecule has 112 valence electrons. The summed E-state index contributed by atoms with van der Waals surface area (Å²) in [6.45, 7) is 0. The van der Waals surface area contributed by atoms with Crippen molar-refractivity contribution >= 4 is 34.0 Å². The lowest BCUT2D eigenvalue weighted by molar-refractivity contribution is -0.115. The SMILES string of the molecule is N#Cc1ccc(NC(=O)Cc2ccc3ccccc3c2)cc1Cl. The quantitative estimate of drug-likeness (QED) is 0.770. The summed E-state index contributed by atoms with van der Waals surface area (Å²) in [5, 5.41) is 14.2. The van der Waals surface area contributed by atoms with E-state index in [0.717, 1.165) is 16.3 Å². The van der Waals surface area contributed by atoms with Crippen LogP contribution in [0.5, 0.6) is 0 Å². The third-order valence-corrected chi connectivity index (χ3v) is 3.86. The van der Waals surface area contributed by atoms with Crippen LogP contribution in [0.4, 0.5) is 5.69 Å². The molecule has 0 aliphatic heterocycles. The molecule has 3 aromatic carbocycles. The molecular formula is C19H13ClN2O. The summed E-state index contributed by atoms with van der Waals surface area (Å²) in [5.41, 5.74) is 1.92. The number of nitrogens with one attached hydrogen (secondary N) is 1. The smallest absolute Gasteiger partial charge is 0.228 e. The molecule has 0 saturated heterocycles. The molecule has 3 aromatic rings. The zero-order chi connectivity index (χ0) is 16.2. The van der Waals surface area contributed by atoms with E-state index in [1.165, 1.54) is 0 Å². The van der Waals surface area contributed by atoms with Gasteiger partial charge in [0.15, 0.2) is 0 Å². The minimum absolute atomic E-state index is 0.124. The van der Waals surface area contributed by atoms with E-state index in [2.05, 4.69) is 5.32 Å². The Morgan fingerprint density at radius 2 is 1.83 bits per heavy atom. The number of hydrogen-bond acceptors (Lipinski definition) is 2. The number of fused-ring (bicyclic) bond motifs is 1. The molecule has 0 heterocycles. The topological polar surface area (TPSA) is 52.9 Å². The van der Waals surface area contributed by atoms with E-state index in [1.807, 2.05) is 48.5 Å². The summed E-state index contributed by atoms with van der Waals surface area (Å²) >= 11 is 5.96. The van der Waals surface area contributed by atoms with Crippen LogP contribution >= 0.6 is 11.6 Å². The molecule has 0 fully saturated rings. The second kappa shape index (κ2) is 6.51. The molecule has 1 amide bonds. The maximum atomic E-state index is 12.2. The van der Waals surface area contributed by atoms with Gasteiger partial charge in [-0.3, -0.25) is 4.79 Å². The molecule has 4 heteroatoms. The molecule has 3 rings (SSSR count). The third-order valence-electron chi connectivity index (χ3n) is 3.55. The predicted octanol–water partition coefficient (Wildman–Crippen LogP) is 4.55. The molecule has 0 bridgehead atoms. The van der Waals surface area contributed by atoms with Gasteiger partial charge in [0.05, 0.1) is 17.0 Å². The average Bonchev–Trinajstić information content (AvgIpc) is 2.55. The second-order valence-corrected chi connectivity index (χ2v) is 5.62. The molecule has 3 nitrogen and oxygen atoms in total. The number of amides is 1. The first kappa shape index (κ1) is 15.1. The van der Waals surface area contributed by atoms with Crippen molar-refractivity contribution < 1.29 is 4.79 Å².